The first-order valence-electron chi connectivity index (χ1n) is 3.52. The van der Waals surface area contributed by atoms with Crippen LogP contribution >= 0.6 is 43.6 Å². The van der Waals surface area contributed by atoms with Crippen molar-refractivity contribution in [2.45, 2.75) is 11.5 Å². The molecule has 0 radical (unpaired) electrons. The molecule has 14 heavy (non-hydrogen) atoms. The van der Waals surface area contributed by atoms with E-state index in [4.69, 9.17) is 0 Å². The van der Waals surface area contributed by atoms with E-state index in [0.29, 0.717) is 4.47 Å². The van der Waals surface area contributed by atoms with Crippen molar-refractivity contribution in [1.29, 1.82) is 0 Å². The zero-order chi connectivity index (χ0) is 10.7. The summed E-state index contributed by atoms with van der Waals surface area (Å²) < 4.78 is 29.7. The lowest BCUT2D eigenvalue weighted by molar-refractivity contribution is -0.0500. The number of thioether (sulfide) groups is 1. The van der Waals surface area contributed by atoms with Gasteiger partial charge in [0, 0.05) is 13.8 Å². The average molecular weight is 348 g/mol. The van der Waals surface area contributed by atoms with Gasteiger partial charge in [-0.2, -0.15) is 8.78 Å². The Labute approximate surface area is 101 Å². The first-order chi connectivity index (χ1) is 6.54. The average Bonchev–Trinajstić information content (AvgIpc) is 2.10. The Hall–Kier alpha value is 0.190. The van der Waals surface area contributed by atoms with Gasteiger partial charge in [-0.05, 0) is 50.2 Å². The molecule has 0 unspecified atom stereocenters. The van der Waals surface area contributed by atoms with Gasteiger partial charge >= 0.3 is 6.61 Å². The summed E-state index contributed by atoms with van der Waals surface area (Å²) in [6.07, 6.45) is 1.86. The SMILES string of the molecule is CSc1cc(OC(F)F)cc(Br)c1Br. The smallest absolute Gasteiger partial charge is 0.387 e. The number of alkyl halides is 2. The molecule has 1 aromatic carbocycles. The molecule has 1 aromatic rings. The van der Waals surface area contributed by atoms with Gasteiger partial charge in [-0.3, -0.25) is 0 Å². The van der Waals surface area contributed by atoms with Crippen LogP contribution in [0.3, 0.4) is 0 Å². The molecule has 0 aliphatic rings. The molecule has 0 heterocycles. The van der Waals surface area contributed by atoms with Crippen LogP contribution in [-0.4, -0.2) is 12.9 Å². The molecular weight excluding hydrogens is 342 g/mol. The fraction of sp³-hybridized carbons (Fsp3) is 0.250. The zero-order valence-electron chi connectivity index (χ0n) is 7.06. The van der Waals surface area contributed by atoms with E-state index < -0.39 is 6.61 Å². The van der Waals surface area contributed by atoms with Crippen LogP contribution in [0.15, 0.2) is 26.0 Å². The third kappa shape index (κ3) is 3.10. The highest BCUT2D eigenvalue weighted by molar-refractivity contribution is 9.13. The second-order valence-electron chi connectivity index (χ2n) is 2.30. The molecule has 1 nitrogen and oxygen atoms in total. The van der Waals surface area contributed by atoms with Gasteiger partial charge in [0.2, 0.25) is 0 Å². The molecule has 78 valence electrons. The van der Waals surface area contributed by atoms with Gasteiger partial charge in [0.25, 0.3) is 0 Å². The largest absolute Gasteiger partial charge is 0.435 e. The first kappa shape index (κ1) is 12.3. The summed E-state index contributed by atoms with van der Waals surface area (Å²) in [5.74, 6) is 0.152. The van der Waals surface area contributed by atoms with E-state index in [-0.39, 0.29) is 5.75 Å². The number of halogens is 4. The summed E-state index contributed by atoms with van der Waals surface area (Å²) in [4.78, 5) is 0.843. The van der Waals surface area contributed by atoms with Crippen molar-refractivity contribution in [2.75, 3.05) is 6.26 Å². The number of rotatable bonds is 3. The van der Waals surface area contributed by atoms with Gasteiger partial charge in [0.1, 0.15) is 5.75 Å². The Morgan fingerprint density at radius 3 is 2.50 bits per heavy atom. The Morgan fingerprint density at radius 2 is 2.00 bits per heavy atom. The molecule has 0 saturated carbocycles. The highest BCUT2D eigenvalue weighted by Crippen LogP contribution is 2.36. The van der Waals surface area contributed by atoms with Crippen LogP contribution in [0.2, 0.25) is 0 Å². The molecule has 0 amide bonds. The van der Waals surface area contributed by atoms with E-state index in [1.165, 1.54) is 17.8 Å². The normalized spacial score (nSPS) is 10.7. The van der Waals surface area contributed by atoms with Gasteiger partial charge in [0.15, 0.2) is 0 Å². The lowest BCUT2D eigenvalue weighted by Gasteiger charge is -2.08. The molecule has 0 N–H and O–H groups in total. The van der Waals surface area contributed by atoms with Crippen molar-refractivity contribution < 1.29 is 13.5 Å². The minimum absolute atomic E-state index is 0.152. The molecule has 0 bridgehead atoms. The van der Waals surface area contributed by atoms with Crippen LogP contribution in [0.4, 0.5) is 8.78 Å². The number of benzene rings is 1. The van der Waals surface area contributed by atoms with Crippen molar-refractivity contribution in [2.24, 2.45) is 0 Å². The summed E-state index contributed by atoms with van der Waals surface area (Å²) in [6, 6.07) is 3.06. The molecule has 0 aliphatic carbocycles. The molecule has 0 aliphatic heterocycles. The molecule has 0 atom stereocenters. The topological polar surface area (TPSA) is 9.23 Å². The predicted octanol–water partition coefficient (Wildman–Crippen LogP) is 4.53. The molecule has 0 spiro atoms. The van der Waals surface area contributed by atoms with Gasteiger partial charge < -0.3 is 4.74 Å². The van der Waals surface area contributed by atoms with E-state index in [1.54, 1.807) is 6.07 Å². The Morgan fingerprint density at radius 1 is 1.36 bits per heavy atom. The van der Waals surface area contributed by atoms with Gasteiger partial charge in [-0.25, -0.2) is 0 Å². The van der Waals surface area contributed by atoms with Gasteiger partial charge in [-0.1, -0.05) is 0 Å². The summed E-state index contributed by atoms with van der Waals surface area (Å²) in [5.41, 5.74) is 0. The third-order valence-corrected chi connectivity index (χ3v) is 4.45. The molecule has 6 heteroatoms. The van der Waals surface area contributed by atoms with E-state index in [2.05, 4.69) is 36.6 Å². The standard InChI is InChI=1S/C8H6Br2F2OS/c1-14-6-3-4(13-8(11)12)2-5(9)7(6)10/h2-3,8H,1H3. The Balaban J connectivity index is 3.03. The third-order valence-electron chi connectivity index (χ3n) is 1.41. The minimum atomic E-state index is -2.79. The Kier molecular flexibility index (Phi) is 4.66. The van der Waals surface area contributed by atoms with Crippen molar-refractivity contribution in [3.63, 3.8) is 0 Å². The number of ether oxygens (including phenoxy) is 1. The van der Waals surface area contributed by atoms with Crippen molar-refractivity contribution in [1.82, 2.24) is 0 Å². The fourth-order valence-electron chi connectivity index (χ4n) is 0.860. The monoisotopic (exact) mass is 346 g/mol. The lowest BCUT2D eigenvalue weighted by Crippen LogP contribution is -2.02. The van der Waals surface area contributed by atoms with Crippen LogP contribution in [0.25, 0.3) is 0 Å². The van der Waals surface area contributed by atoms with E-state index in [0.717, 1.165) is 9.37 Å². The molecule has 0 aromatic heterocycles. The molecule has 1 rings (SSSR count). The number of hydrogen-bond acceptors (Lipinski definition) is 2. The maximum absolute atomic E-state index is 11.9. The summed E-state index contributed by atoms with van der Waals surface area (Å²) in [6.45, 7) is -2.79. The summed E-state index contributed by atoms with van der Waals surface area (Å²) >= 11 is 8.02. The molecule has 0 saturated heterocycles. The van der Waals surface area contributed by atoms with Crippen LogP contribution < -0.4 is 4.74 Å². The maximum Gasteiger partial charge on any atom is 0.387 e. The van der Waals surface area contributed by atoms with E-state index >= 15 is 0 Å². The minimum Gasteiger partial charge on any atom is -0.435 e. The number of hydrogen-bond donors (Lipinski definition) is 0. The Bertz CT molecular complexity index is 333. The van der Waals surface area contributed by atoms with Gasteiger partial charge in [0.05, 0.1) is 0 Å². The predicted molar refractivity (Wildman–Crippen MR) is 60.3 cm³/mol. The highest BCUT2D eigenvalue weighted by atomic mass is 79.9. The fourth-order valence-corrected chi connectivity index (χ4v) is 2.67. The van der Waals surface area contributed by atoms with Gasteiger partial charge in [-0.15, -0.1) is 11.8 Å². The van der Waals surface area contributed by atoms with Crippen LogP contribution in [0.5, 0.6) is 5.75 Å². The van der Waals surface area contributed by atoms with Crippen molar-refractivity contribution >= 4 is 43.6 Å². The molecular formula is C8H6Br2F2OS. The summed E-state index contributed by atoms with van der Waals surface area (Å²) in [5, 5.41) is 0. The maximum atomic E-state index is 11.9. The lowest BCUT2D eigenvalue weighted by atomic mass is 10.3. The second kappa shape index (κ2) is 5.32. The van der Waals surface area contributed by atoms with Crippen molar-refractivity contribution in [3.8, 4) is 5.75 Å². The van der Waals surface area contributed by atoms with Crippen LogP contribution in [-0.2, 0) is 0 Å². The van der Waals surface area contributed by atoms with E-state index in [1.807, 2.05) is 6.26 Å². The zero-order valence-corrected chi connectivity index (χ0v) is 11.0. The van der Waals surface area contributed by atoms with Crippen LogP contribution in [0.1, 0.15) is 0 Å². The van der Waals surface area contributed by atoms with E-state index in [9.17, 15) is 8.78 Å². The quantitative estimate of drug-likeness (QED) is 0.742. The second-order valence-corrected chi connectivity index (χ2v) is 4.80. The van der Waals surface area contributed by atoms with Crippen LogP contribution in [0, 0.1) is 0 Å². The van der Waals surface area contributed by atoms with Crippen molar-refractivity contribution in [3.05, 3.63) is 21.1 Å². The molecule has 0 fully saturated rings. The highest BCUT2D eigenvalue weighted by Gasteiger charge is 2.10. The first-order valence-corrected chi connectivity index (χ1v) is 6.33. The summed E-state index contributed by atoms with van der Waals surface area (Å²) in [7, 11) is 0.